The Kier molecular flexibility index (Phi) is 2.26. The molecule has 0 amide bonds. The van der Waals surface area contributed by atoms with Gasteiger partial charge in [-0.2, -0.15) is 0 Å². The first kappa shape index (κ1) is 9.23. The molecule has 0 aliphatic carbocycles. The van der Waals surface area contributed by atoms with E-state index in [4.69, 9.17) is 16.7 Å². The summed E-state index contributed by atoms with van der Waals surface area (Å²) < 4.78 is 5.71. The van der Waals surface area contributed by atoms with Crippen molar-refractivity contribution < 1.29 is 14.6 Å². The molecule has 0 bridgehead atoms. The molecule has 4 nitrogen and oxygen atoms in total. The first-order valence-electron chi connectivity index (χ1n) is 3.62. The van der Waals surface area contributed by atoms with Gasteiger partial charge in [-0.15, -0.1) is 11.3 Å². The van der Waals surface area contributed by atoms with E-state index in [0.29, 0.717) is 4.47 Å². The number of fused-ring (bicyclic) bond motifs is 1. The molecule has 14 heavy (non-hydrogen) atoms. The molecule has 0 spiro atoms. The van der Waals surface area contributed by atoms with Crippen molar-refractivity contribution in [1.82, 2.24) is 4.98 Å². The van der Waals surface area contributed by atoms with Crippen molar-refractivity contribution >= 4 is 39.3 Å². The summed E-state index contributed by atoms with van der Waals surface area (Å²) in [7, 11) is 0. The van der Waals surface area contributed by atoms with Gasteiger partial charge in [-0.3, -0.25) is 0 Å². The van der Waals surface area contributed by atoms with Gasteiger partial charge in [0.15, 0.2) is 4.47 Å². The molecule has 2 aromatic rings. The highest BCUT2D eigenvalue weighted by Crippen LogP contribution is 2.28. The molecule has 72 valence electrons. The number of nitrogens with zero attached hydrogens (tertiary/aromatic N) is 1. The number of rotatable bonds is 1. The number of hydrogen-bond acceptors (Lipinski definition) is 4. The van der Waals surface area contributed by atoms with Crippen LogP contribution in [0.25, 0.3) is 10.2 Å². The quantitative estimate of drug-likeness (QED) is 0.603. The fraction of sp³-hybridized carbons (Fsp3) is 0. The summed E-state index contributed by atoms with van der Waals surface area (Å²) in [4.78, 5) is 14.3. The van der Waals surface area contributed by atoms with E-state index < -0.39 is 6.16 Å². The van der Waals surface area contributed by atoms with Gasteiger partial charge in [0.2, 0.25) is 0 Å². The molecular weight excluding hydrogens is 226 g/mol. The molecule has 1 heterocycles. The van der Waals surface area contributed by atoms with Crippen LogP contribution in [0.3, 0.4) is 0 Å². The monoisotopic (exact) mass is 229 g/mol. The van der Waals surface area contributed by atoms with Gasteiger partial charge in [-0.25, -0.2) is 9.78 Å². The van der Waals surface area contributed by atoms with Crippen LogP contribution in [0.5, 0.6) is 5.75 Å². The van der Waals surface area contributed by atoms with Gasteiger partial charge in [-0.1, -0.05) is 11.6 Å². The Bertz CT molecular complexity index is 496. The molecule has 0 atom stereocenters. The molecule has 6 heteroatoms. The van der Waals surface area contributed by atoms with Gasteiger partial charge in [-0.05, 0) is 12.1 Å². The van der Waals surface area contributed by atoms with E-state index in [1.165, 1.54) is 17.4 Å². The zero-order chi connectivity index (χ0) is 10.1. The van der Waals surface area contributed by atoms with Crippen LogP contribution in [-0.4, -0.2) is 16.2 Å². The highest BCUT2D eigenvalue weighted by molar-refractivity contribution is 7.22. The number of ether oxygens (including phenoxy) is 1. The Morgan fingerprint density at radius 3 is 3.07 bits per heavy atom. The second kappa shape index (κ2) is 3.43. The Morgan fingerprint density at radius 1 is 1.57 bits per heavy atom. The SMILES string of the molecule is O=C(O)Oc1ccc2nc(Cl)sc2c1. The minimum Gasteiger partial charge on any atom is -0.449 e. The first-order chi connectivity index (χ1) is 6.65. The number of aromatic nitrogens is 1. The maximum Gasteiger partial charge on any atom is 0.511 e. The summed E-state index contributed by atoms with van der Waals surface area (Å²) in [5, 5.41) is 8.38. The van der Waals surface area contributed by atoms with E-state index >= 15 is 0 Å². The summed E-state index contributed by atoms with van der Waals surface area (Å²) in [5.41, 5.74) is 0.734. The van der Waals surface area contributed by atoms with Gasteiger partial charge in [0.05, 0.1) is 10.2 Å². The fourth-order valence-electron chi connectivity index (χ4n) is 1.04. The summed E-state index contributed by atoms with van der Waals surface area (Å²) in [6.45, 7) is 0. The fourth-order valence-corrected chi connectivity index (χ4v) is 2.10. The van der Waals surface area contributed by atoms with Gasteiger partial charge in [0, 0.05) is 6.07 Å². The van der Waals surface area contributed by atoms with Crippen molar-refractivity contribution in [2.75, 3.05) is 0 Å². The smallest absolute Gasteiger partial charge is 0.449 e. The van der Waals surface area contributed by atoms with Crippen molar-refractivity contribution in [2.45, 2.75) is 0 Å². The van der Waals surface area contributed by atoms with Crippen LogP contribution in [0.2, 0.25) is 4.47 Å². The zero-order valence-electron chi connectivity index (χ0n) is 6.73. The van der Waals surface area contributed by atoms with E-state index in [1.54, 1.807) is 12.1 Å². The molecule has 2 rings (SSSR count). The normalized spacial score (nSPS) is 10.4. The van der Waals surface area contributed by atoms with E-state index in [0.717, 1.165) is 10.2 Å². The molecule has 0 saturated carbocycles. The number of benzene rings is 1. The van der Waals surface area contributed by atoms with E-state index in [-0.39, 0.29) is 5.75 Å². The third kappa shape index (κ3) is 1.78. The van der Waals surface area contributed by atoms with Gasteiger partial charge >= 0.3 is 6.16 Å². The second-order valence-corrected chi connectivity index (χ2v) is 4.08. The van der Waals surface area contributed by atoms with Gasteiger partial charge in [0.1, 0.15) is 5.75 Å². The number of hydrogen-bond donors (Lipinski definition) is 1. The van der Waals surface area contributed by atoms with Gasteiger partial charge in [0.25, 0.3) is 0 Å². The summed E-state index contributed by atoms with van der Waals surface area (Å²) in [5.74, 6) is 0.269. The van der Waals surface area contributed by atoms with Crippen LogP contribution >= 0.6 is 22.9 Å². The lowest BCUT2D eigenvalue weighted by Crippen LogP contribution is -2.02. The van der Waals surface area contributed by atoms with Crippen LogP contribution in [0.15, 0.2) is 18.2 Å². The van der Waals surface area contributed by atoms with Crippen LogP contribution < -0.4 is 4.74 Å². The molecule has 0 aliphatic heterocycles. The highest BCUT2D eigenvalue weighted by atomic mass is 35.5. The Hall–Kier alpha value is -1.33. The van der Waals surface area contributed by atoms with Crippen molar-refractivity contribution in [1.29, 1.82) is 0 Å². The molecule has 1 aromatic carbocycles. The molecular formula is C8H4ClNO3S. The maximum atomic E-state index is 10.2. The Morgan fingerprint density at radius 2 is 2.36 bits per heavy atom. The number of carboxylic acid groups (broad SMARTS) is 1. The van der Waals surface area contributed by atoms with Crippen molar-refractivity contribution in [3.05, 3.63) is 22.7 Å². The minimum absolute atomic E-state index is 0.269. The molecule has 0 unspecified atom stereocenters. The van der Waals surface area contributed by atoms with Crippen molar-refractivity contribution in [2.24, 2.45) is 0 Å². The lowest BCUT2D eigenvalue weighted by atomic mass is 10.3. The maximum absolute atomic E-state index is 10.2. The van der Waals surface area contributed by atoms with Crippen LogP contribution in [0.1, 0.15) is 0 Å². The second-order valence-electron chi connectivity index (χ2n) is 2.46. The third-order valence-electron chi connectivity index (χ3n) is 1.54. The first-order valence-corrected chi connectivity index (χ1v) is 4.81. The average molecular weight is 230 g/mol. The summed E-state index contributed by atoms with van der Waals surface area (Å²) >= 11 is 6.97. The van der Waals surface area contributed by atoms with Crippen molar-refractivity contribution in [3.63, 3.8) is 0 Å². The lowest BCUT2D eigenvalue weighted by Gasteiger charge is -1.97. The largest absolute Gasteiger partial charge is 0.511 e. The predicted octanol–water partition coefficient (Wildman–Crippen LogP) is 3.01. The van der Waals surface area contributed by atoms with E-state index in [1.807, 2.05) is 0 Å². The summed E-state index contributed by atoms with van der Waals surface area (Å²) in [6, 6.07) is 4.79. The number of carbonyl (C=O) groups is 1. The standard InChI is InChI=1S/C8H4ClNO3S/c9-7-10-5-2-1-4(13-8(11)12)3-6(5)14-7/h1-3H,(H,11,12). The number of halogens is 1. The van der Waals surface area contributed by atoms with Gasteiger partial charge < -0.3 is 9.84 Å². The predicted molar refractivity (Wildman–Crippen MR) is 53.3 cm³/mol. The molecule has 0 fully saturated rings. The summed E-state index contributed by atoms with van der Waals surface area (Å²) in [6.07, 6.45) is -1.33. The number of thiazole rings is 1. The molecule has 0 radical (unpaired) electrons. The van der Waals surface area contributed by atoms with Crippen LogP contribution in [-0.2, 0) is 0 Å². The zero-order valence-corrected chi connectivity index (χ0v) is 8.30. The topological polar surface area (TPSA) is 59.4 Å². The van der Waals surface area contributed by atoms with Crippen molar-refractivity contribution in [3.8, 4) is 5.75 Å². The molecule has 1 aromatic heterocycles. The molecule has 1 N–H and O–H groups in total. The minimum atomic E-state index is -1.33. The van der Waals surface area contributed by atoms with E-state index in [2.05, 4.69) is 9.72 Å². The lowest BCUT2D eigenvalue weighted by molar-refractivity contribution is 0.144. The molecule has 0 saturated heterocycles. The van der Waals surface area contributed by atoms with E-state index in [9.17, 15) is 4.79 Å². The average Bonchev–Trinajstić information content (AvgIpc) is 2.42. The van der Waals surface area contributed by atoms with Crippen LogP contribution in [0, 0.1) is 0 Å². The Balaban J connectivity index is 2.45. The Labute approximate surface area is 87.7 Å². The van der Waals surface area contributed by atoms with Crippen LogP contribution in [0.4, 0.5) is 4.79 Å². The highest BCUT2D eigenvalue weighted by Gasteiger charge is 2.05. The third-order valence-corrected chi connectivity index (χ3v) is 2.66. The molecule has 0 aliphatic rings.